The van der Waals surface area contributed by atoms with Crippen molar-refractivity contribution in [1.29, 1.82) is 0 Å². The molecule has 0 atom stereocenters. The molecule has 5 rings (SSSR count). The Kier molecular flexibility index (Phi) is 3.76. The number of benzene rings is 1. The zero-order valence-electron chi connectivity index (χ0n) is 14.7. The van der Waals surface area contributed by atoms with Crippen LogP contribution < -0.4 is 5.73 Å². The molecule has 0 aliphatic carbocycles. The summed E-state index contributed by atoms with van der Waals surface area (Å²) in [5.41, 5.74) is 8.14. The number of hydrogen-bond donors (Lipinski definition) is 1. The lowest BCUT2D eigenvalue weighted by Crippen LogP contribution is -2.02. The monoisotopic (exact) mass is 390 g/mol. The molecule has 0 spiro atoms. The highest BCUT2D eigenvalue weighted by atomic mass is 19.1. The number of hydrogen-bond acceptors (Lipinski definition) is 6. The predicted molar refractivity (Wildman–Crippen MR) is 101 cm³/mol. The van der Waals surface area contributed by atoms with E-state index in [9.17, 15) is 8.78 Å². The Labute approximate surface area is 162 Å². The zero-order valence-corrected chi connectivity index (χ0v) is 14.7. The lowest BCUT2D eigenvalue weighted by Gasteiger charge is -2.05. The molecule has 0 bridgehead atoms. The first-order chi connectivity index (χ1) is 14.1. The second kappa shape index (κ2) is 6.44. The van der Waals surface area contributed by atoms with E-state index >= 15 is 0 Å². The first-order valence-corrected chi connectivity index (χ1v) is 8.53. The van der Waals surface area contributed by atoms with E-state index in [0.717, 1.165) is 6.07 Å². The van der Waals surface area contributed by atoms with Crippen molar-refractivity contribution in [2.75, 3.05) is 5.73 Å². The minimum absolute atomic E-state index is 0.154. The first kappa shape index (κ1) is 16.9. The molecular formula is C19H12F2N8. The molecule has 1 aromatic carbocycles. The average molecular weight is 390 g/mol. The highest BCUT2D eigenvalue weighted by Gasteiger charge is 2.18. The molecule has 0 saturated carbocycles. The van der Waals surface area contributed by atoms with E-state index in [2.05, 4.69) is 25.4 Å². The van der Waals surface area contributed by atoms with Crippen molar-refractivity contribution < 1.29 is 8.78 Å². The largest absolute Gasteiger partial charge is 0.384 e. The van der Waals surface area contributed by atoms with E-state index in [4.69, 9.17) is 5.73 Å². The van der Waals surface area contributed by atoms with Crippen molar-refractivity contribution in [3.63, 3.8) is 0 Å². The highest BCUT2D eigenvalue weighted by molar-refractivity contribution is 5.81. The summed E-state index contributed by atoms with van der Waals surface area (Å²) in [5, 5.41) is 16.6. The fourth-order valence-corrected chi connectivity index (χ4v) is 3.04. The number of nitrogen functional groups attached to an aromatic ring is 1. The maximum Gasteiger partial charge on any atom is 0.177 e. The fraction of sp³-hybridized carbons (Fsp3) is 0. The summed E-state index contributed by atoms with van der Waals surface area (Å²) in [7, 11) is 0. The van der Waals surface area contributed by atoms with Gasteiger partial charge in [0.1, 0.15) is 29.5 Å². The molecule has 0 fully saturated rings. The van der Waals surface area contributed by atoms with Crippen LogP contribution in [0.15, 0.2) is 61.2 Å². The quantitative estimate of drug-likeness (QED) is 0.508. The summed E-state index contributed by atoms with van der Waals surface area (Å²) in [6, 6.07) is 10.2. The molecule has 0 saturated heterocycles. The molecule has 0 aliphatic heterocycles. The number of anilines is 1. The van der Waals surface area contributed by atoms with Crippen LogP contribution in [-0.4, -0.2) is 34.6 Å². The first-order valence-electron chi connectivity index (χ1n) is 8.53. The van der Waals surface area contributed by atoms with Gasteiger partial charge in [0.2, 0.25) is 0 Å². The number of nitrogens with two attached hydrogens (primary N) is 1. The van der Waals surface area contributed by atoms with Crippen LogP contribution in [0.1, 0.15) is 0 Å². The Morgan fingerprint density at radius 3 is 2.66 bits per heavy atom. The lowest BCUT2D eigenvalue weighted by molar-refractivity contribution is 0.585. The zero-order chi connectivity index (χ0) is 20.0. The van der Waals surface area contributed by atoms with Crippen molar-refractivity contribution in [3.8, 4) is 28.2 Å². The highest BCUT2D eigenvalue weighted by Crippen LogP contribution is 2.33. The molecule has 4 aromatic heterocycles. The Bertz CT molecular complexity index is 1360. The maximum atomic E-state index is 14.5. The van der Waals surface area contributed by atoms with Gasteiger partial charge in [-0.25, -0.2) is 18.4 Å². The van der Waals surface area contributed by atoms with Gasteiger partial charge in [0.05, 0.1) is 0 Å². The number of halogens is 2. The van der Waals surface area contributed by atoms with Crippen LogP contribution in [0.25, 0.3) is 33.8 Å². The molecule has 5 aromatic rings. The molecule has 29 heavy (non-hydrogen) atoms. The van der Waals surface area contributed by atoms with E-state index in [1.165, 1.54) is 27.7 Å². The van der Waals surface area contributed by atoms with Crippen molar-refractivity contribution in [1.82, 2.24) is 34.6 Å². The standard InChI is InChI=1S/C19H12F2N8/c20-12-1-2-13(15(21)8-12)19-14(11-5-6-23-16(22)7-11)9-28(27-19)18-4-3-17-25-24-10-29(17)26-18/h1-10H,(H2,22,23). The number of fused-ring (bicyclic) bond motifs is 1. The summed E-state index contributed by atoms with van der Waals surface area (Å²) >= 11 is 0. The summed E-state index contributed by atoms with van der Waals surface area (Å²) in [5.74, 6) is -0.611. The van der Waals surface area contributed by atoms with E-state index in [1.54, 1.807) is 36.7 Å². The van der Waals surface area contributed by atoms with Crippen molar-refractivity contribution in [3.05, 3.63) is 72.8 Å². The van der Waals surface area contributed by atoms with Gasteiger partial charge >= 0.3 is 0 Å². The van der Waals surface area contributed by atoms with E-state index < -0.39 is 11.6 Å². The number of rotatable bonds is 3. The fourth-order valence-electron chi connectivity index (χ4n) is 3.04. The van der Waals surface area contributed by atoms with Gasteiger partial charge in [-0.1, -0.05) is 0 Å². The minimum atomic E-state index is -0.722. The minimum Gasteiger partial charge on any atom is -0.384 e. The van der Waals surface area contributed by atoms with Crippen LogP contribution in [0.4, 0.5) is 14.6 Å². The van der Waals surface area contributed by atoms with Gasteiger partial charge in [0.25, 0.3) is 0 Å². The van der Waals surface area contributed by atoms with Gasteiger partial charge in [-0.15, -0.1) is 15.3 Å². The normalized spacial score (nSPS) is 11.2. The van der Waals surface area contributed by atoms with E-state index in [-0.39, 0.29) is 5.56 Å². The molecule has 0 radical (unpaired) electrons. The molecule has 142 valence electrons. The molecular weight excluding hydrogens is 378 g/mol. The molecule has 8 nitrogen and oxygen atoms in total. The third-order valence-corrected chi connectivity index (χ3v) is 4.37. The molecule has 0 aliphatic rings. The van der Waals surface area contributed by atoms with E-state index in [1.807, 2.05) is 0 Å². The van der Waals surface area contributed by atoms with Gasteiger partial charge in [-0.2, -0.15) is 9.61 Å². The lowest BCUT2D eigenvalue weighted by atomic mass is 10.0. The third kappa shape index (κ3) is 2.96. The van der Waals surface area contributed by atoms with Crippen LogP contribution in [0, 0.1) is 11.6 Å². The molecule has 10 heteroatoms. The Morgan fingerprint density at radius 2 is 1.83 bits per heavy atom. The van der Waals surface area contributed by atoms with Crippen LogP contribution >= 0.6 is 0 Å². The van der Waals surface area contributed by atoms with Crippen LogP contribution in [0.5, 0.6) is 0 Å². The van der Waals surface area contributed by atoms with Crippen molar-refractivity contribution in [2.24, 2.45) is 0 Å². The maximum absolute atomic E-state index is 14.5. The third-order valence-electron chi connectivity index (χ3n) is 4.37. The predicted octanol–water partition coefficient (Wildman–Crippen LogP) is 2.90. The number of pyridine rings is 1. The second-order valence-corrected chi connectivity index (χ2v) is 6.25. The van der Waals surface area contributed by atoms with Gasteiger partial charge < -0.3 is 5.73 Å². The topological polar surface area (TPSA) is 99.8 Å². The summed E-state index contributed by atoms with van der Waals surface area (Å²) < 4.78 is 30.9. The smallest absolute Gasteiger partial charge is 0.177 e. The van der Waals surface area contributed by atoms with Gasteiger partial charge in [-0.3, -0.25) is 0 Å². The Balaban J connectivity index is 1.73. The summed E-state index contributed by atoms with van der Waals surface area (Å²) in [4.78, 5) is 3.99. The van der Waals surface area contributed by atoms with Crippen molar-refractivity contribution in [2.45, 2.75) is 0 Å². The Morgan fingerprint density at radius 1 is 0.931 bits per heavy atom. The SMILES string of the molecule is Nc1cc(-c2cn(-c3ccc4nncn4n3)nc2-c2ccc(F)cc2F)ccn1. The van der Waals surface area contributed by atoms with E-state index in [0.29, 0.717) is 34.1 Å². The van der Waals surface area contributed by atoms with Gasteiger partial charge in [0, 0.05) is 29.6 Å². The van der Waals surface area contributed by atoms with Crippen LogP contribution in [0.3, 0.4) is 0 Å². The Hall–Kier alpha value is -4.21. The van der Waals surface area contributed by atoms with Crippen LogP contribution in [-0.2, 0) is 0 Å². The average Bonchev–Trinajstić information content (AvgIpc) is 3.34. The molecule has 4 heterocycles. The van der Waals surface area contributed by atoms with Gasteiger partial charge in [0.15, 0.2) is 11.5 Å². The number of nitrogens with zero attached hydrogens (tertiary/aromatic N) is 7. The molecule has 2 N–H and O–H groups in total. The second-order valence-electron chi connectivity index (χ2n) is 6.25. The molecule has 0 amide bonds. The molecule has 0 unspecified atom stereocenters. The summed E-state index contributed by atoms with van der Waals surface area (Å²) in [6.07, 6.45) is 4.72. The van der Waals surface area contributed by atoms with Gasteiger partial charge in [-0.05, 0) is 42.0 Å². The van der Waals surface area contributed by atoms with Crippen molar-refractivity contribution >= 4 is 11.5 Å². The van der Waals surface area contributed by atoms with Crippen LogP contribution in [0.2, 0.25) is 0 Å². The number of aromatic nitrogens is 7. The summed E-state index contributed by atoms with van der Waals surface area (Å²) in [6.45, 7) is 0.